The summed E-state index contributed by atoms with van der Waals surface area (Å²) in [6, 6.07) is 0. The molecule has 4 heteroatoms. The smallest absolute Gasteiger partial charge is 0.0738 e. The number of halogens is 1. The first kappa shape index (κ1) is 12.7. The van der Waals surface area contributed by atoms with E-state index in [1.54, 1.807) is 0 Å². The predicted molar refractivity (Wildman–Crippen MR) is 66.9 cm³/mol. The highest BCUT2D eigenvalue weighted by Gasteiger charge is 2.12. The van der Waals surface area contributed by atoms with Gasteiger partial charge in [0.2, 0.25) is 0 Å². The average molecular weight is 274 g/mol. The van der Waals surface area contributed by atoms with Gasteiger partial charge >= 0.3 is 0 Å². The number of hydrogen-bond donors (Lipinski definition) is 1. The lowest BCUT2D eigenvalue weighted by Gasteiger charge is -2.09. The highest BCUT2D eigenvalue weighted by molar-refractivity contribution is 9.10. The molecule has 1 aromatic rings. The zero-order valence-corrected chi connectivity index (χ0v) is 11.3. The van der Waals surface area contributed by atoms with Crippen LogP contribution in [0.25, 0.3) is 0 Å². The maximum Gasteiger partial charge on any atom is 0.0738 e. The largest absolute Gasteiger partial charge is 0.330 e. The maximum absolute atomic E-state index is 5.62. The molecule has 1 unspecified atom stereocenters. The van der Waals surface area contributed by atoms with Crippen molar-refractivity contribution in [3.63, 3.8) is 0 Å². The molecule has 1 atom stereocenters. The summed E-state index contributed by atoms with van der Waals surface area (Å²) >= 11 is 3.60. The molecule has 86 valence electrons. The van der Waals surface area contributed by atoms with Gasteiger partial charge in [-0.15, -0.1) is 0 Å². The van der Waals surface area contributed by atoms with Gasteiger partial charge in [0.25, 0.3) is 0 Å². The average Bonchev–Trinajstić information content (AvgIpc) is 2.52. The van der Waals surface area contributed by atoms with E-state index in [9.17, 15) is 0 Å². The first-order chi connectivity index (χ1) is 7.10. The molecule has 0 aliphatic heterocycles. The van der Waals surface area contributed by atoms with Gasteiger partial charge in [-0.25, -0.2) is 0 Å². The summed E-state index contributed by atoms with van der Waals surface area (Å²) < 4.78 is 3.23. The van der Waals surface area contributed by atoms with Crippen molar-refractivity contribution in [2.45, 2.75) is 40.2 Å². The van der Waals surface area contributed by atoms with E-state index in [0.29, 0.717) is 5.92 Å². The summed E-state index contributed by atoms with van der Waals surface area (Å²) in [4.78, 5) is 0. The van der Waals surface area contributed by atoms with Gasteiger partial charge in [-0.05, 0) is 55.1 Å². The van der Waals surface area contributed by atoms with Crippen molar-refractivity contribution in [1.29, 1.82) is 0 Å². The molecule has 0 saturated carbocycles. The standard InChI is InChI=1S/C11H20BrN3/c1-4-15-10(6-5-8(2)7-13)11(12)9(3)14-15/h8H,4-7,13H2,1-3H3. The zero-order valence-electron chi connectivity index (χ0n) is 9.76. The molecule has 0 saturated heterocycles. The van der Waals surface area contributed by atoms with Crippen molar-refractivity contribution in [2.75, 3.05) is 6.54 Å². The number of rotatable bonds is 5. The highest BCUT2D eigenvalue weighted by Crippen LogP contribution is 2.23. The van der Waals surface area contributed by atoms with E-state index in [-0.39, 0.29) is 0 Å². The fraction of sp³-hybridized carbons (Fsp3) is 0.727. The minimum atomic E-state index is 0.581. The molecule has 1 aromatic heterocycles. The second kappa shape index (κ2) is 5.66. The Balaban J connectivity index is 2.74. The van der Waals surface area contributed by atoms with E-state index in [0.717, 1.165) is 36.1 Å². The van der Waals surface area contributed by atoms with Crippen LogP contribution in [0.15, 0.2) is 4.47 Å². The molecule has 1 rings (SSSR count). The molecule has 0 spiro atoms. The highest BCUT2D eigenvalue weighted by atomic mass is 79.9. The summed E-state index contributed by atoms with van der Waals surface area (Å²) in [6.07, 6.45) is 2.17. The van der Waals surface area contributed by atoms with Crippen LogP contribution in [-0.2, 0) is 13.0 Å². The second-order valence-electron chi connectivity index (χ2n) is 4.04. The lowest BCUT2D eigenvalue weighted by atomic mass is 10.0. The Labute approximate surface area is 100 Å². The van der Waals surface area contributed by atoms with E-state index >= 15 is 0 Å². The van der Waals surface area contributed by atoms with Gasteiger partial charge in [-0.1, -0.05) is 6.92 Å². The van der Waals surface area contributed by atoms with E-state index in [2.05, 4.69) is 39.6 Å². The Morgan fingerprint density at radius 1 is 1.53 bits per heavy atom. The molecule has 15 heavy (non-hydrogen) atoms. The Kier molecular flexibility index (Phi) is 4.80. The zero-order chi connectivity index (χ0) is 11.4. The van der Waals surface area contributed by atoms with Gasteiger partial charge in [0.1, 0.15) is 0 Å². The monoisotopic (exact) mass is 273 g/mol. The van der Waals surface area contributed by atoms with Crippen LogP contribution in [0.2, 0.25) is 0 Å². The SMILES string of the molecule is CCn1nc(C)c(Br)c1CCC(C)CN. The minimum absolute atomic E-state index is 0.581. The van der Waals surface area contributed by atoms with Gasteiger partial charge in [0, 0.05) is 6.54 Å². The van der Waals surface area contributed by atoms with Crippen molar-refractivity contribution in [3.8, 4) is 0 Å². The summed E-state index contributed by atoms with van der Waals surface area (Å²) in [5, 5.41) is 4.47. The molecule has 2 N–H and O–H groups in total. The fourth-order valence-corrected chi connectivity index (χ4v) is 2.09. The van der Waals surface area contributed by atoms with Crippen LogP contribution in [0.4, 0.5) is 0 Å². The molecule has 0 aromatic carbocycles. The third kappa shape index (κ3) is 3.05. The number of aromatic nitrogens is 2. The van der Waals surface area contributed by atoms with Crippen LogP contribution in [0.5, 0.6) is 0 Å². The summed E-state index contributed by atoms with van der Waals surface area (Å²) in [6.45, 7) is 8.03. The van der Waals surface area contributed by atoms with Gasteiger partial charge in [-0.3, -0.25) is 4.68 Å². The quantitative estimate of drug-likeness (QED) is 0.896. The van der Waals surface area contributed by atoms with Crippen molar-refractivity contribution in [2.24, 2.45) is 11.7 Å². The normalized spacial score (nSPS) is 13.1. The lowest BCUT2D eigenvalue weighted by molar-refractivity contribution is 0.519. The van der Waals surface area contributed by atoms with Crippen LogP contribution in [0, 0.1) is 12.8 Å². The van der Waals surface area contributed by atoms with Crippen LogP contribution in [0.3, 0.4) is 0 Å². The second-order valence-corrected chi connectivity index (χ2v) is 4.83. The van der Waals surface area contributed by atoms with Gasteiger partial charge < -0.3 is 5.73 Å². The first-order valence-corrected chi connectivity index (χ1v) is 6.31. The summed E-state index contributed by atoms with van der Waals surface area (Å²) in [7, 11) is 0. The van der Waals surface area contributed by atoms with Crippen LogP contribution < -0.4 is 5.73 Å². The molecule has 0 bridgehead atoms. The molecule has 0 amide bonds. The van der Waals surface area contributed by atoms with E-state index in [1.165, 1.54) is 5.69 Å². The molecule has 0 fully saturated rings. The third-order valence-electron chi connectivity index (χ3n) is 2.73. The molecule has 3 nitrogen and oxygen atoms in total. The number of nitrogens with two attached hydrogens (primary N) is 1. The summed E-state index contributed by atoms with van der Waals surface area (Å²) in [5.41, 5.74) is 7.99. The van der Waals surface area contributed by atoms with Gasteiger partial charge in [0.15, 0.2) is 0 Å². The molecule has 0 aliphatic rings. The van der Waals surface area contributed by atoms with Crippen molar-refractivity contribution in [3.05, 3.63) is 15.9 Å². The van der Waals surface area contributed by atoms with Crippen LogP contribution >= 0.6 is 15.9 Å². The van der Waals surface area contributed by atoms with Gasteiger partial charge in [-0.2, -0.15) is 5.10 Å². The Morgan fingerprint density at radius 2 is 2.20 bits per heavy atom. The third-order valence-corrected chi connectivity index (χ3v) is 3.76. The molecule has 0 aliphatic carbocycles. The minimum Gasteiger partial charge on any atom is -0.330 e. The molecular formula is C11H20BrN3. The van der Waals surface area contributed by atoms with E-state index in [1.807, 2.05) is 6.92 Å². The van der Waals surface area contributed by atoms with Crippen LogP contribution in [-0.4, -0.2) is 16.3 Å². The maximum atomic E-state index is 5.62. The number of hydrogen-bond acceptors (Lipinski definition) is 2. The molecule has 1 heterocycles. The molecule has 0 radical (unpaired) electrons. The predicted octanol–water partition coefficient (Wildman–Crippen LogP) is 2.50. The Hall–Kier alpha value is -0.350. The van der Waals surface area contributed by atoms with Crippen molar-refractivity contribution < 1.29 is 0 Å². The molecular weight excluding hydrogens is 254 g/mol. The van der Waals surface area contributed by atoms with Gasteiger partial charge in [0.05, 0.1) is 15.9 Å². The van der Waals surface area contributed by atoms with Crippen LogP contribution in [0.1, 0.15) is 31.7 Å². The Bertz CT molecular complexity index is 320. The van der Waals surface area contributed by atoms with Crippen molar-refractivity contribution in [1.82, 2.24) is 9.78 Å². The van der Waals surface area contributed by atoms with E-state index < -0.39 is 0 Å². The Morgan fingerprint density at radius 3 is 2.73 bits per heavy atom. The topological polar surface area (TPSA) is 43.8 Å². The lowest BCUT2D eigenvalue weighted by Crippen LogP contribution is -2.13. The fourth-order valence-electron chi connectivity index (χ4n) is 1.61. The first-order valence-electron chi connectivity index (χ1n) is 5.52. The van der Waals surface area contributed by atoms with E-state index in [4.69, 9.17) is 5.73 Å². The van der Waals surface area contributed by atoms with Crippen molar-refractivity contribution >= 4 is 15.9 Å². The number of aryl methyl sites for hydroxylation is 2. The summed E-state index contributed by atoms with van der Waals surface area (Å²) in [5.74, 6) is 0.581. The number of nitrogens with zero attached hydrogens (tertiary/aromatic N) is 2.